The molecule has 0 heterocycles. The van der Waals surface area contributed by atoms with E-state index >= 15 is 0 Å². The molecule has 0 unspecified atom stereocenters. The Hall–Kier alpha value is -1.56. The first-order valence-corrected chi connectivity index (χ1v) is 7.22. The number of hydrogen-bond acceptors (Lipinski definition) is 0. The van der Waals surface area contributed by atoms with Crippen LogP contribution in [0, 0.1) is 13.8 Å². The first-order valence-electron chi connectivity index (χ1n) is 7.22. The van der Waals surface area contributed by atoms with Gasteiger partial charge in [-0.25, -0.2) is 0 Å². The van der Waals surface area contributed by atoms with Crippen LogP contribution in [0.3, 0.4) is 0 Å². The highest BCUT2D eigenvalue weighted by atomic mass is 14.0. The minimum absolute atomic E-state index is 1.20. The molecule has 0 bridgehead atoms. The lowest BCUT2D eigenvalue weighted by Gasteiger charge is -2.05. The Bertz CT molecular complexity index is 406. The zero-order valence-electron chi connectivity index (χ0n) is 13.7. The van der Waals surface area contributed by atoms with Gasteiger partial charge in [-0.1, -0.05) is 76.8 Å². The lowest BCUT2D eigenvalue weighted by Crippen LogP contribution is -1.85. The highest BCUT2D eigenvalue weighted by Gasteiger charge is 1.98. The molecule has 106 valence electrons. The molecule has 0 atom stereocenters. The van der Waals surface area contributed by atoms with E-state index in [0.717, 1.165) is 0 Å². The van der Waals surface area contributed by atoms with Gasteiger partial charge in [0.2, 0.25) is 0 Å². The van der Waals surface area contributed by atoms with Crippen LogP contribution in [0.1, 0.15) is 51.3 Å². The fraction of sp³-hybridized carbons (Fsp3) is 0.368. The van der Waals surface area contributed by atoms with Crippen LogP contribution in [0.15, 0.2) is 49.1 Å². The summed E-state index contributed by atoms with van der Waals surface area (Å²) >= 11 is 0. The monoisotopic (exact) mass is 258 g/mol. The minimum atomic E-state index is 1.20. The molecule has 0 spiro atoms. The molecule has 0 fully saturated rings. The number of allylic oxidation sites excluding steroid dienone is 5. The van der Waals surface area contributed by atoms with Gasteiger partial charge in [-0.3, -0.25) is 0 Å². The van der Waals surface area contributed by atoms with Gasteiger partial charge >= 0.3 is 0 Å². The van der Waals surface area contributed by atoms with Gasteiger partial charge in [0.1, 0.15) is 0 Å². The molecule has 0 saturated heterocycles. The zero-order chi connectivity index (χ0) is 15.3. The van der Waals surface area contributed by atoms with E-state index in [-0.39, 0.29) is 0 Å². The topological polar surface area (TPSA) is 0 Å². The number of hydrogen-bond donors (Lipinski definition) is 0. The highest BCUT2D eigenvalue weighted by molar-refractivity contribution is 5.75. The van der Waals surface area contributed by atoms with Crippen molar-refractivity contribution in [1.82, 2.24) is 0 Å². The largest absolute Gasteiger partial charge is 0.0990 e. The predicted octanol–water partition coefficient (Wildman–Crippen LogP) is 6.50. The number of rotatable bonds is 3. The molecule has 0 nitrogen and oxygen atoms in total. The average molecular weight is 258 g/mol. The van der Waals surface area contributed by atoms with Crippen molar-refractivity contribution in [2.45, 2.75) is 48.5 Å². The summed E-state index contributed by atoms with van der Waals surface area (Å²) < 4.78 is 0. The van der Waals surface area contributed by atoms with E-state index in [1.54, 1.807) is 0 Å². The summed E-state index contributed by atoms with van der Waals surface area (Å²) in [7, 11) is 0. The predicted molar refractivity (Wildman–Crippen MR) is 91.6 cm³/mol. The molecule has 0 aromatic heterocycles. The average Bonchev–Trinajstić information content (AvgIpc) is 2.46. The maximum Gasteiger partial charge on any atom is -0.0181 e. The van der Waals surface area contributed by atoms with Crippen LogP contribution in [0.4, 0.5) is 0 Å². The highest BCUT2D eigenvalue weighted by Crippen LogP contribution is 2.19. The molecular formula is C19H30. The molecular weight excluding hydrogens is 228 g/mol. The molecule has 1 rings (SSSR count). The minimum Gasteiger partial charge on any atom is -0.0990 e. The normalized spacial score (nSPS) is 10.2. The molecule has 0 amide bonds. The van der Waals surface area contributed by atoms with Crippen LogP contribution in [0.5, 0.6) is 0 Å². The molecule has 0 saturated carbocycles. The quantitative estimate of drug-likeness (QED) is 0.543. The second-order valence-electron chi connectivity index (χ2n) is 3.66. The second kappa shape index (κ2) is 12.9. The van der Waals surface area contributed by atoms with E-state index in [9.17, 15) is 0 Å². The van der Waals surface area contributed by atoms with Gasteiger partial charge in [0, 0.05) is 0 Å². The first kappa shape index (κ1) is 19.8. The maximum atomic E-state index is 3.74. The molecule has 1 aromatic rings. The van der Waals surface area contributed by atoms with E-state index in [1.165, 1.54) is 22.3 Å². The second-order valence-corrected chi connectivity index (χ2v) is 3.66. The van der Waals surface area contributed by atoms with Crippen LogP contribution in [0.2, 0.25) is 0 Å². The van der Waals surface area contributed by atoms with Crippen molar-refractivity contribution in [3.05, 3.63) is 65.8 Å². The van der Waals surface area contributed by atoms with E-state index in [4.69, 9.17) is 0 Å². The summed E-state index contributed by atoms with van der Waals surface area (Å²) in [6.07, 6.45) is 8.00. The van der Waals surface area contributed by atoms with Crippen LogP contribution in [-0.2, 0) is 0 Å². The van der Waals surface area contributed by atoms with Gasteiger partial charge in [-0.15, -0.1) is 0 Å². The third-order valence-corrected chi connectivity index (χ3v) is 2.48. The summed E-state index contributed by atoms with van der Waals surface area (Å²) in [5.41, 5.74) is 5.11. The Morgan fingerprint density at radius 3 is 2.00 bits per heavy atom. The van der Waals surface area contributed by atoms with Crippen molar-refractivity contribution < 1.29 is 0 Å². The molecule has 0 N–H and O–H groups in total. The molecule has 0 aliphatic heterocycles. The van der Waals surface area contributed by atoms with Gasteiger partial charge in [0.25, 0.3) is 0 Å². The van der Waals surface area contributed by atoms with Gasteiger partial charge in [-0.2, -0.15) is 0 Å². The van der Waals surface area contributed by atoms with Crippen LogP contribution < -0.4 is 0 Å². The lowest BCUT2D eigenvalue weighted by molar-refractivity contribution is 1.33. The molecule has 19 heavy (non-hydrogen) atoms. The van der Waals surface area contributed by atoms with E-state index in [1.807, 2.05) is 52.8 Å². The fourth-order valence-corrected chi connectivity index (χ4v) is 1.48. The summed E-state index contributed by atoms with van der Waals surface area (Å²) in [5.74, 6) is 0. The van der Waals surface area contributed by atoms with Crippen molar-refractivity contribution in [3.8, 4) is 0 Å². The third-order valence-electron chi connectivity index (χ3n) is 2.48. The summed E-state index contributed by atoms with van der Waals surface area (Å²) in [6, 6.07) is 6.52. The molecule has 0 radical (unpaired) electrons. The lowest BCUT2D eigenvalue weighted by atomic mass is 10.00. The Morgan fingerprint density at radius 1 is 1.00 bits per heavy atom. The molecule has 0 aliphatic carbocycles. The van der Waals surface area contributed by atoms with E-state index in [2.05, 4.69) is 44.7 Å². The Kier molecular flexibility index (Phi) is 13.4. The van der Waals surface area contributed by atoms with Crippen molar-refractivity contribution in [1.29, 1.82) is 0 Å². The summed E-state index contributed by atoms with van der Waals surface area (Å²) in [5, 5.41) is 0. The standard InChI is InChI=1S/C15H18.2C2H6/c1-5-7-14(8-6-2)15-10-9-12(3)13(4)11-15;2*1-2/h5-11H,1H2,2-4H3;2*1-2H3/b8-6-,14-7+;;. The van der Waals surface area contributed by atoms with Crippen molar-refractivity contribution in [2.24, 2.45) is 0 Å². The molecule has 0 aliphatic rings. The summed E-state index contributed by atoms with van der Waals surface area (Å²) in [4.78, 5) is 0. The van der Waals surface area contributed by atoms with Gasteiger partial charge < -0.3 is 0 Å². The Labute approximate surface area is 120 Å². The SMILES string of the molecule is C=C/C=C(\C=C/C)c1ccc(C)c(C)c1.CC.CC. The van der Waals surface area contributed by atoms with Crippen molar-refractivity contribution in [3.63, 3.8) is 0 Å². The van der Waals surface area contributed by atoms with Gasteiger partial charge in [0.05, 0.1) is 0 Å². The zero-order valence-corrected chi connectivity index (χ0v) is 13.7. The van der Waals surface area contributed by atoms with E-state index in [0.29, 0.717) is 0 Å². The first-order chi connectivity index (χ1) is 9.19. The van der Waals surface area contributed by atoms with Crippen molar-refractivity contribution >= 4 is 5.57 Å². The molecule has 1 aromatic carbocycles. The number of benzene rings is 1. The molecule has 0 heteroatoms. The van der Waals surface area contributed by atoms with Gasteiger partial charge in [0.15, 0.2) is 0 Å². The number of aryl methyl sites for hydroxylation is 2. The fourth-order valence-electron chi connectivity index (χ4n) is 1.48. The van der Waals surface area contributed by atoms with Gasteiger partial charge in [-0.05, 0) is 43.0 Å². The maximum absolute atomic E-state index is 3.74. The Balaban J connectivity index is 0. The van der Waals surface area contributed by atoms with Crippen LogP contribution >= 0.6 is 0 Å². The third kappa shape index (κ3) is 7.46. The summed E-state index contributed by atoms with van der Waals surface area (Å²) in [6.45, 7) is 18.0. The Morgan fingerprint density at radius 2 is 1.58 bits per heavy atom. The van der Waals surface area contributed by atoms with E-state index < -0.39 is 0 Å². The van der Waals surface area contributed by atoms with Crippen molar-refractivity contribution in [2.75, 3.05) is 0 Å². The smallest absolute Gasteiger partial charge is 0.0181 e. The van der Waals surface area contributed by atoms with Crippen LogP contribution in [-0.4, -0.2) is 0 Å². The van der Waals surface area contributed by atoms with Crippen LogP contribution in [0.25, 0.3) is 5.57 Å².